The van der Waals surface area contributed by atoms with E-state index >= 15 is 0 Å². The molecule has 1 aromatic carbocycles. The van der Waals surface area contributed by atoms with Crippen LogP contribution in [-0.2, 0) is 4.74 Å². The fraction of sp³-hybridized carbons (Fsp3) is 0.364. The molecule has 1 aromatic rings. The van der Waals surface area contributed by atoms with Gasteiger partial charge in [-0.3, -0.25) is 10.1 Å². The Labute approximate surface area is 104 Å². The smallest absolute Gasteiger partial charge is 0.338 e. The molecule has 0 fully saturated rings. The molecule has 0 spiro atoms. The van der Waals surface area contributed by atoms with Gasteiger partial charge in [-0.05, 0) is 6.07 Å². The molecule has 18 heavy (non-hydrogen) atoms. The third-order valence-corrected chi connectivity index (χ3v) is 2.46. The first-order valence-corrected chi connectivity index (χ1v) is 5.19. The lowest BCUT2D eigenvalue weighted by atomic mass is 10.1. The van der Waals surface area contributed by atoms with E-state index in [1.807, 2.05) is 0 Å². The van der Waals surface area contributed by atoms with Crippen LogP contribution in [0.4, 0.5) is 11.4 Å². The van der Waals surface area contributed by atoms with Gasteiger partial charge >= 0.3 is 5.97 Å². The quantitative estimate of drug-likeness (QED) is 0.608. The molecule has 98 valence electrons. The Morgan fingerprint density at radius 2 is 2.22 bits per heavy atom. The van der Waals surface area contributed by atoms with Gasteiger partial charge in [-0.2, -0.15) is 0 Å². The zero-order valence-electron chi connectivity index (χ0n) is 10.1. The molecule has 0 amide bonds. The van der Waals surface area contributed by atoms with E-state index in [1.165, 1.54) is 12.1 Å². The normalized spacial score (nSPS) is 10.1. The van der Waals surface area contributed by atoms with E-state index in [2.05, 4.69) is 0 Å². The summed E-state index contributed by atoms with van der Waals surface area (Å²) in [7, 11) is 3.24. The SMILES string of the molecule is COCCN(C)c1ccc([N+](=O)[O-])cc1C(=O)O. The van der Waals surface area contributed by atoms with E-state index in [0.717, 1.165) is 6.07 Å². The number of non-ortho nitro benzene ring substituents is 1. The summed E-state index contributed by atoms with van der Waals surface area (Å²) < 4.78 is 4.90. The average molecular weight is 254 g/mol. The molecule has 0 heterocycles. The van der Waals surface area contributed by atoms with Crippen LogP contribution >= 0.6 is 0 Å². The molecule has 0 bridgehead atoms. The molecule has 0 aliphatic heterocycles. The Balaban J connectivity index is 3.11. The fourth-order valence-electron chi connectivity index (χ4n) is 1.49. The summed E-state index contributed by atoms with van der Waals surface area (Å²) in [5.41, 5.74) is 0.0873. The van der Waals surface area contributed by atoms with E-state index in [-0.39, 0.29) is 11.3 Å². The zero-order valence-corrected chi connectivity index (χ0v) is 10.1. The maximum Gasteiger partial charge on any atom is 0.338 e. The predicted octanol–water partition coefficient (Wildman–Crippen LogP) is 1.38. The molecule has 0 saturated carbocycles. The Kier molecular flexibility index (Phi) is 4.61. The predicted molar refractivity (Wildman–Crippen MR) is 65.2 cm³/mol. The van der Waals surface area contributed by atoms with Crippen LogP contribution in [0.3, 0.4) is 0 Å². The van der Waals surface area contributed by atoms with Crippen LogP contribution in [0, 0.1) is 10.1 Å². The van der Waals surface area contributed by atoms with Crippen LogP contribution in [-0.4, -0.2) is 43.3 Å². The van der Waals surface area contributed by atoms with Crippen molar-refractivity contribution in [1.29, 1.82) is 0 Å². The minimum absolute atomic E-state index is 0.0946. The molecule has 7 nitrogen and oxygen atoms in total. The van der Waals surface area contributed by atoms with Crippen molar-refractivity contribution in [2.45, 2.75) is 0 Å². The van der Waals surface area contributed by atoms with Gasteiger partial charge < -0.3 is 14.7 Å². The van der Waals surface area contributed by atoms with Crippen LogP contribution in [0.5, 0.6) is 0 Å². The molecule has 0 atom stereocenters. The summed E-state index contributed by atoms with van der Waals surface area (Å²) in [6.45, 7) is 0.932. The Morgan fingerprint density at radius 3 is 2.72 bits per heavy atom. The number of benzene rings is 1. The van der Waals surface area contributed by atoms with E-state index in [0.29, 0.717) is 18.8 Å². The Bertz CT molecular complexity index is 461. The minimum Gasteiger partial charge on any atom is -0.478 e. The highest BCUT2D eigenvalue weighted by atomic mass is 16.6. The van der Waals surface area contributed by atoms with Crippen molar-refractivity contribution in [1.82, 2.24) is 0 Å². The summed E-state index contributed by atoms with van der Waals surface area (Å²) in [5.74, 6) is -1.20. The van der Waals surface area contributed by atoms with Crippen LogP contribution < -0.4 is 4.90 Å². The zero-order chi connectivity index (χ0) is 13.7. The maximum absolute atomic E-state index is 11.1. The third kappa shape index (κ3) is 3.17. The number of rotatable bonds is 6. The standard InChI is InChI=1S/C11H14N2O5/c1-12(5-6-18-2)10-4-3-8(13(16)17)7-9(10)11(14)15/h3-4,7H,5-6H2,1-2H3,(H,14,15). The molecule has 0 aromatic heterocycles. The Hall–Kier alpha value is -2.15. The molecule has 7 heteroatoms. The lowest BCUT2D eigenvalue weighted by Crippen LogP contribution is -2.24. The number of anilines is 1. The summed E-state index contributed by atoms with van der Waals surface area (Å²) >= 11 is 0. The van der Waals surface area contributed by atoms with E-state index in [1.54, 1.807) is 19.1 Å². The number of nitrogens with zero attached hydrogens (tertiary/aromatic N) is 2. The first-order chi connectivity index (χ1) is 8.47. The highest BCUT2D eigenvalue weighted by Crippen LogP contribution is 2.24. The number of hydrogen-bond donors (Lipinski definition) is 1. The van der Waals surface area contributed by atoms with E-state index < -0.39 is 10.9 Å². The topological polar surface area (TPSA) is 92.9 Å². The van der Waals surface area contributed by atoms with Crippen LogP contribution in [0.25, 0.3) is 0 Å². The Morgan fingerprint density at radius 1 is 1.56 bits per heavy atom. The van der Waals surface area contributed by atoms with Crippen LogP contribution in [0.1, 0.15) is 10.4 Å². The number of carbonyl (C=O) groups is 1. The van der Waals surface area contributed by atoms with E-state index in [9.17, 15) is 14.9 Å². The summed E-state index contributed by atoms with van der Waals surface area (Å²) in [4.78, 5) is 22.8. The molecular formula is C11H14N2O5. The number of carboxylic acids is 1. The van der Waals surface area contributed by atoms with Crippen molar-refractivity contribution in [3.05, 3.63) is 33.9 Å². The van der Waals surface area contributed by atoms with Crippen molar-refractivity contribution in [2.75, 3.05) is 32.2 Å². The highest BCUT2D eigenvalue weighted by Gasteiger charge is 2.18. The fourth-order valence-corrected chi connectivity index (χ4v) is 1.49. The second-order valence-corrected chi connectivity index (χ2v) is 3.68. The molecular weight excluding hydrogens is 240 g/mol. The van der Waals surface area contributed by atoms with Gasteiger partial charge in [0.25, 0.3) is 5.69 Å². The van der Waals surface area contributed by atoms with Crippen LogP contribution in [0.2, 0.25) is 0 Å². The van der Waals surface area contributed by atoms with Gasteiger partial charge in [0.05, 0.1) is 22.8 Å². The van der Waals surface area contributed by atoms with Gasteiger partial charge in [-0.25, -0.2) is 4.79 Å². The van der Waals surface area contributed by atoms with Crippen molar-refractivity contribution in [2.24, 2.45) is 0 Å². The number of hydrogen-bond acceptors (Lipinski definition) is 5. The number of ether oxygens (including phenoxy) is 1. The molecule has 0 aliphatic carbocycles. The van der Waals surface area contributed by atoms with E-state index in [4.69, 9.17) is 9.84 Å². The van der Waals surface area contributed by atoms with Crippen LogP contribution in [0.15, 0.2) is 18.2 Å². The molecule has 0 radical (unpaired) electrons. The average Bonchev–Trinajstić information content (AvgIpc) is 2.34. The van der Waals surface area contributed by atoms with Crippen molar-refractivity contribution in [3.63, 3.8) is 0 Å². The number of likely N-dealkylation sites (N-methyl/N-ethyl adjacent to an activating group) is 1. The minimum atomic E-state index is -1.20. The maximum atomic E-state index is 11.1. The molecule has 1 rings (SSSR count). The number of carboxylic acid groups (broad SMARTS) is 1. The molecule has 0 unspecified atom stereocenters. The summed E-state index contributed by atoms with van der Waals surface area (Å²) in [5, 5.41) is 19.7. The lowest BCUT2D eigenvalue weighted by Gasteiger charge is -2.20. The number of methoxy groups -OCH3 is 1. The van der Waals surface area contributed by atoms with Gasteiger partial charge in [0.15, 0.2) is 0 Å². The first kappa shape index (κ1) is 13.9. The second kappa shape index (κ2) is 5.97. The van der Waals surface area contributed by atoms with Gasteiger partial charge in [-0.1, -0.05) is 0 Å². The number of nitro groups is 1. The first-order valence-electron chi connectivity index (χ1n) is 5.19. The number of aromatic carboxylic acids is 1. The van der Waals surface area contributed by atoms with Gasteiger partial charge in [0, 0.05) is 32.8 Å². The summed E-state index contributed by atoms with van der Waals surface area (Å²) in [6.07, 6.45) is 0. The van der Waals surface area contributed by atoms with Crippen molar-refractivity contribution < 1.29 is 19.6 Å². The number of nitro benzene ring substituents is 1. The van der Waals surface area contributed by atoms with Gasteiger partial charge in [0.1, 0.15) is 0 Å². The molecule has 1 N–H and O–H groups in total. The molecule has 0 saturated heterocycles. The summed E-state index contributed by atoms with van der Waals surface area (Å²) in [6, 6.07) is 3.77. The highest BCUT2D eigenvalue weighted by molar-refractivity contribution is 5.95. The second-order valence-electron chi connectivity index (χ2n) is 3.68. The van der Waals surface area contributed by atoms with Gasteiger partial charge in [-0.15, -0.1) is 0 Å². The monoisotopic (exact) mass is 254 g/mol. The van der Waals surface area contributed by atoms with Crippen molar-refractivity contribution >= 4 is 17.3 Å². The molecule has 0 aliphatic rings. The largest absolute Gasteiger partial charge is 0.478 e. The van der Waals surface area contributed by atoms with Gasteiger partial charge in [0.2, 0.25) is 0 Å². The van der Waals surface area contributed by atoms with Crippen molar-refractivity contribution in [3.8, 4) is 0 Å². The lowest BCUT2D eigenvalue weighted by molar-refractivity contribution is -0.384. The third-order valence-electron chi connectivity index (χ3n) is 2.46.